The topological polar surface area (TPSA) is 83.4 Å². The lowest BCUT2D eigenvalue weighted by molar-refractivity contribution is -0.161. The molecular formula is C21H32N6O2S. The Labute approximate surface area is 182 Å². The number of carbonyl (C=O) groups is 2. The van der Waals surface area contributed by atoms with E-state index in [1.165, 1.54) is 24.3 Å². The van der Waals surface area contributed by atoms with E-state index in [2.05, 4.69) is 32.3 Å². The van der Waals surface area contributed by atoms with Crippen LogP contribution >= 0.6 is 11.8 Å². The second-order valence-corrected chi connectivity index (χ2v) is 10.4. The Morgan fingerprint density at radius 2 is 2.03 bits per heavy atom. The molecule has 2 bridgehead atoms. The second-order valence-electron chi connectivity index (χ2n) is 9.22. The van der Waals surface area contributed by atoms with Crippen LogP contribution in [0.25, 0.3) is 0 Å². The minimum Gasteiger partial charge on any atom is -0.352 e. The van der Waals surface area contributed by atoms with Crippen molar-refractivity contribution in [2.45, 2.75) is 63.2 Å². The summed E-state index contributed by atoms with van der Waals surface area (Å²) in [7, 11) is 0. The molecule has 30 heavy (non-hydrogen) atoms. The molecule has 9 heteroatoms. The van der Waals surface area contributed by atoms with Crippen LogP contribution in [0.5, 0.6) is 0 Å². The number of aromatic nitrogens is 3. The van der Waals surface area contributed by atoms with Gasteiger partial charge in [0, 0.05) is 50.3 Å². The van der Waals surface area contributed by atoms with Crippen molar-refractivity contribution in [3.8, 4) is 0 Å². The number of nitrogens with zero attached hydrogens (tertiary/aromatic N) is 5. The summed E-state index contributed by atoms with van der Waals surface area (Å²) in [5, 5.41) is 10.9. The van der Waals surface area contributed by atoms with Crippen LogP contribution in [-0.4, -0.2) is 85.9 Å². The van der Waals surface area contributed by atoms with Crippen molar-refractivity contribution >= 4 is 23.6 Å². The Balaban J connectivity index is 1.32. The van der Waals surface area contributed by atoms with Gasteiger partial charge in [-0.3, -0.25) is 19.2 Å². The summed E-state index contributed by atoms with van der Waals surface area (Å²) in [4.78, 5) is 30.9. The lowest BCUT2D eigenvalue weighted by atomic mass is 9.71. The normalized spacial score (nSPS) is 32.7. The maximum absolute atomic E-state index is 13.3. The summed E-state index contributed by atoms with van der Waals surface area (Å²) in [5.41, 5.74) is 0. The van der Waals surface area contributed by atoms with Crippen LogP contribution in [0.15, 0.2) is 12.4 Å². The van der Waals surface area contributed by atoms with Crippen molar-refractivity contribution in [1.29, 1.82) is 0 Å². The number of carbonyl (C=O) groups excluding carboxylic acids is 2. The van der Waals surface area contributed by atoms with Gasteiger partial charge < -0.3 is 10.2 Å². The summed E-state index contributed by atoms with van der Waals surface area (Å²) in [6.45, 7) is 3.14. The largest absolute Gasteiger partial charge is 0.352 e. The average molecular weight is 433 g/mol. The molecule has 4 saturated heterocycles. The molecule has 0 spiro atoms. The van der Waals surface area contributed by atoms with Crippen molar-refractivity contribution < 1.29 is 9.59 Å². The van der Waals surface area contributed by atoms with Crippen molar-refractivity contribution in [2.75, 3.05) is 31.1 Å². The summed E-state index contributed by atoms with van der Waals surface area (Å²) in [6, 6.07) is 0.559. The fourth-order valence-electron chi connectivity index (χ4n) is 6.13. The van der Waals surface area contributed by atoms with E-state index in [1.54, 1.807) is 17.1 Å². The van der Waals surface area contributed by atoms with E-state index in [1.807, 2.05) is 4.90 Å². The molecule has 1 aromatic rings. The van der Waals surface area contributed by atoms with Crippen LogP contribution in [0.2, 0.25) is 0 Å². The van der Waals surface area contributed by atoms with Crippen LogP contribution < -0.4 is 5.32 Å². The summed E-state index contributed by atoms with van der Waals surface area (Å²) in [6.07, 6.45) is 9.61. The van der Waals surface area contributed by atoms with Crippen molar-refractivity contribution in [1.82, 2.24) is 30.1 Å². The van der Waals surface area contributed by atoms with Crippen LogP contribution in [0, 0.1) is 11.8 Å². The Hall–Kier alpha value is -1.61. The minimum absolute atomic E-state index is 0.0138. The van der Waals surface area contributed by atoms with Gasteiger partial charge in [0.25, 0.3) is 0 Å². The van der Waals surface area contributed by atoms with Crippen LogP contribution in [0.1, 0.15) is 38.5 Å². The van der Waals surface area contributed by atoms with Gasteiger partial charge in [0.1, 0.15) is 6.04 Å². The third-order valence-corrected chi connectivity index (χ3v) is 8.51. The number of nitrogens with one attached hydrogen (secondary N) is 1. The van der Waals surface area contributed by atoms with Gasteiger partial charge in [-0.05, 0) is 49.5 Å². The Morgan fingerprint density at radius 3 is 2.83 bits per heavy atom. The van der Waals surface area contributed by atoms with E-state index < -0.39 is 0 Å². The van der Waals surface area contributed by atoms with Gasteiger partial charge in [0.2, 0.25) is 11.8 Å². The molecule has 0 unspecified atom stereocenters. The van der Waals surface area contributed by atoms with Gasteiger partial charge in [-0.25, -0.2) is 0 Å². The van der Waals surface area contributed by atoms with Gasteiger partial charge in [0.05, 0.1) is 12.7 Å². The fourth-order valence-corrected chi connectivity index (χ4v) is 7.21. The van der Waals surface area contributed by atoms with Crippen molar-refractivity contribution in [3.05, 3.63) is 12.4 Å². The highest BCUT2D eigenvalue weighted by molar-refractivity contribution is 7.99. The third kappa shape index (κ3) is 3.98. The molecule has 4 aliphatic heterocycles. The number of rotatable bonds is 5. The van der Waals surface area contributed by atoms with Gasteiger partial charge in [-0.15, -0.1) is 5.10 Å². The van der Waals surface area contributed by atoms with E-state index in [9.17, 15) is 9.59 Å². The van der Waals surface area contributed by atoms with Gasteiger partial charge in [-0.1, -0.05) is 5.21 Å². The summed E-state index contributed by atoms with van der Waals surface area (Å²) >= 11 is 2.06. The van der Waals surface area contributed by atoms with Gasteiger partial charge in [-0.2, -0.15) is 11.8 Å². The number of thioether (sulfide) groups is 1. The van der Waals surface area contributed by atoms with Crippen LogP contribution in [0.4, 0.5) is 0 Å². The van der Waals surface area contributed by atoms with Gasteiger partial charge >= 0.3 is 0 Å². The highest BCUT2D eigenvalue weighted by Crippen LogP contribution is 2.43. The Kier molecular flexibility index (Phi) is 6.00. The number of fused-ring (bicyclic) bond motifs is 4. The average Bonchev–Trinajstić information content (AvgIpc) is 3.28. The lowest BCUT2D eigenvalue weighted by Crippen LogP contribution is -2.69. The smallest absolute Gasteiger partial charge is 0.243 e. The van der Waals surface area contributed by atoms with Gasteiger partial charge in [0.15, 0.2) is 0 Å². The maximum Gasteiger partial charge on any atom is 0.243 e. The predicted molar refractivity (Wildman–Crippen MR) is 115 cm³/mol. The molecule has 1 aromatic heterocycles. The molecule has 0 aliphatic carbocycles. The second kappa shape index (κ2) is 8.86. The molecule has 0 saturated carbocycles. The maximum atomic E-state index is 13.3. The van der Waals surface area contributed by atoms with Crippen molar-refractivity contribution in [2.24, 2.45) is 11.8 Å². The first-order valence-electron chi connectivity index (χ1n) is 11.5. The molecule has 0 aromatic carbocycles. The summed E-state index contributed by atoms with van der Waals surface area (Å²) in [5.74, 6) is 3.44. The van der Waals surface area contributed by atoms with E-state index in [0.717, 1.165) is 32.4 Å². The number of hydrogen-bond acceptors (Lipinski definition) is 6. The molecule has 4 fully saturated rings. The van der Waals surface area contributed by atoms with E-state index in [4.69, 9.17) is 0 Å². The molecule has 2 amide bonds. The quantitative estimate of drug-likeness (QED) is 0.747. The van der Waals surface area contributed by atoms with E-state index in [-0.39, 0.29) is 29.8 Å². The molecule has 4 aliphatic rings. The standard InChI is InChI=1S/C21H32N6O2S/c28-19-3-1-2-18-15-12-16(14-25(13-15)17-4-10-30-11-5-17)20(27(18)19)21(29)22-6-8-26-9-7-23-24-26/h7,9,15-18,20H,1-6,8,10-14H2,(H,22,29)/t15-,16+,18+,20-/m1/s1. The Morgan fingerprint density at radius 1 is 1.20 bits per heavy atom. The van der Waals surface area contributed by atoms with E-state index in [0.29, 0.717) is 31.5 Å². The van der Waals surface area contributed by atoms with Crippen molar-refractivity contribution in [3.63, 3.8) is 0 Å². The molecule has 1 N–H and O–H groups in total. The number of amides is 2. The molecule has 0 radical (unpaired) electrons. The zero-order valence-electron chi connectivity index (χ0n) is 17.5. The summed E-state index contributed by atoms with van der Waals surface area (Å²) < 4.78 is 1.72. The monoisotopic (exact) mass is 432 g/mol. The first kappa shape index (κ1) is 20.3. The molecule has 4 atom stereocenters. The molecule has 164 valence electrons. The first-order chi connectivity index (χ1) is 14.7. The number of likely N-dealkylation sites (tertiary alicyclic amines) is 1. The molecular weight excluding hydrogens is 400 g/mol. The third-order valence-electron chi connectivity index (χ3n) is 7.46. The first-order valence-corrected chi connectivity index (χ1v) is 12.6. The fraction of sp³-hybridized carbons (Fsp3) is 0.810. The molecule has 8 nitrogen and oxygen atoms in total. The SMILES string of the molecule is O=C(NCCn1ccnn1)[C@H]1[C@H]2C[C@H](CN(C3CCSCC3)C2)[C@@H]2CCCC(=O)N21. The minimum atomic E-state index is -0.324. The Bertz CT molecular complexity index is 753. The lowest BCUT2D eigenvalue weighted by Gasteiger charge is -2.57. The van der Waals surface area contributed by atoms with E-state index >= 15 is 0 Å². The zero-order valence-corrected chi connectivity index (χ0v) is 18.3. The number of piperidine rings is 3. The highest BCUT2D eigenvalue weighted by Gasteiger charge is 2.52. The number of hydrogen-bond donors (Lipinski definition) is 1. The highest BCUT2D eigenvalue weighted by atomic mass is 32.2. The van der Waals surface area contributed by atoms with Crippen LogP contribution in [-0.2, 0) is 16.1 Å². The molecule has 5 rings (SSSR count). The zero-order chi connectivity index (χ0) is 20.5. The predicted octanol–water partition coefficient (Wildman–Crippen LogP) is 0.991. The van der Waals surface area contributed by atoms with Crippen LogP contribution in [0.3, 0.4) is 0 Å². The molecule has 5 heterocycles.